The summed E-state index contributed by atoms with van der Waals surface area (Å²) in [5.41, 5.74) is 2.24. The Kier molecular flexibility index (Phi) is 4.81. The van der Waals surface area contributed by atoms with Gasteiger partial charge in [0.1, 0.15) is 17.7 Å². The van der Waals surface area contributed by atoms with E-state index < -0.39 is 6.04 Å². The van der Waals surface area contributed by atoms with E-state index in [-0.39, 0.29) is 18.3 Å². The van der Waals surface area contributed by atoms with Gasteiger partial charge in [0.25, 0.3) is 0 Å². The number of benzene rings is 2. The van der Waals surface area contributed by atoms with Crippen molar-refractivity contribution in [2.45, 2.75) is 12.6 Å². The number of hydrogen-bond acceptors (Lipinski definition) is 3. The van der Waals surface area contributed by atoms with Gasteiger partial charge in [-0.25, -0.2) is 9.37 Å². The molecule has 0 radical (unpaired) electrons. The van der Waals surface area contributed by atoms with Gasteiger partial charge in [-0.05, 0) is 32.3 Å². The van der Waals surface area contributed by atoms with Crippen LogP contribution in [0.3, 0.4) is 0 Å². The third-order valence-corrected chi connectivity index (χ3v) is 4.27. The van der Waals surface area contributed by atoms with Gasteiger partial charge in [-0.2, -0.15) is 0 Å². The molecule has 0 aliphatic heterocycles. The standard InChI is InChI=1S/C19H21FN4O/c1-23(2)18(13-8-4-5-9-14(13)20)19(25)21-12-17-22-15-10-6-7-11-16(15)24(17)3/h4-11,18H,12H2,1-3H3,(H,21,25)/t18-/m0/s1. The molecule has 3 aromatic rings. The van der Waals surface area contributed by atoms with Crippen molar-refractivity contribution in [3.8, 4) is 0 Å². The van der Waals surface area contributed by atoms with Crippen LogP contribution in [0.5, 0.6) is 0 Å². The number of nitrogens with zero attached hydrogens (tertiary/aromatic N) is 3. The molecule has 0 saturated carbocycles. The van der Waals surface area contributed by atoms with E-state index in [0.717, 1.165) is 16.9 Å². The zero-order valence-electron chi connectivity index (χ0n) is 14.5. The molecule has 6 heteroatoms. The lowest BCUT2D eigenvalue weighted by atomic mass is 10.0. The van der Waals surface area contributed by atoms with Crippen LogP contribution in [0.2, 0.25) is 0 Å². The minimum Gasteiger partial charge on any atom is -0.347 e. The number of likely N-dealkylation sites (N-methyl/N-ethyl adjacent to an activating group) is 1. The smallest absolute Gasteiger partial charge is 0.242 e. The third-order valence-electron chi connectivity index (χ3n) is 4.27. The van der Waals surface area contributed by atoms with Gasteiger partial charge in [-0.3, -0.25) is 9.69 Å². The predicted molar refractivity (Wildman–Crippen MR) is 95.4 cm³/mol. The normalized spacial score (nSPS) is 12.5. The van der Waals surface area contributed by atoms with Crippen molar-refractivity contribution in [3.63, 3.8) is 0 Å². The van der Waals surface area contributed by atoms with Crippen LogP contribution in [0.15, 0.2) is 48.5 Å². The first-order valence-electron chi connectivity index (χ1n) is 8.08. The van der Waals surface area contributed by atoms with E-state index in [1.54, 1.807) is 37.2 Å². The number of aromatic nitrogens is 2. The van der Waals surface area contributed by atoms with Crippen LogP contribution in [0.1, 0.15) is 17.4 Å². The van der Waals surface area contributed by atoms with Crippen molar-refractivity contribution < 1.29 is 9.18 Å². The summed E-state index contributed by atoms with van der Waals surface area (Å²) in [5, 5.41) is 2.88. The van der Waals surface area contributed by atoms with Crippen molar-refractivity contribution >= 4 is 16.9 Å². The number of hydrogen-bond donors (Lipinski definition) is 1. The second kappa shape index (κ2) is 7.03. The van der Waals surface area contributed by atoms with Gasteiger partial charge in [0.05, 0.1) is 17.6 Å². The molecule has 25 heavy (non-hydrogen) atoms. The van der Waals surface area contributed by atoms with Crippen LogP contribution in [-0.4, -0.2) is 34.5 Å². The molecule has 1 aromatic heterocycles. The fourth-order valence-electron chi connectivity index (χ4n) is 2.97. The maximum absolute atomic E-state index is 14.1. The topological polar surface area (TPSA) is 50.2 Å². The molecule has 5 nitrogen and oxygen atoms in total. The van der Waals surface area contributed by atoms with Gasteiger partial charge < -0.3 is 9.88 Å². The van der Waals surface area contributed by atoms with Crippen molar-refractivity contribution in [3.05, 3.63) is 65.7 Å². The molecule has 0 fully saturated rings. The molecule has 0 spiro atoms. The number of nitrogens with one attached hydrogen (secondary N) is 1. The van der Waals surface area contributed by atoms with Gasteiger partial charge >= 0.3 is 0 Å². The van der Waals surface area contributed by atoms with E-state index in [1.165, 1.54) is 6.07 Å². The first-order valence-corrected chi connectivity index (χ1v) is 8.08. The highest BCUT2D eigenvalue weighted by Crippen LogP contribution is 2.22. The highest BCUT2D eigenvalue weighted by atomic mass is 19.1. The molecule has 1 atom stereocenters. The number of halogens is 1. The highest BCUT2D eigenvalue weighted by molar-refractivity contribution is 5.83. The van der Waals surface area contributed by atoms with Gasteiger partial charge in [0.15, 0.2) is 0 Å². The maximum atomic E-state index is 14.1. The molecule has 0 unspecified atom stereocenters. The Morgan fingerprint density at radius 3 is 2.56 bits per heavy atom. The number of rotatable bonds is 5. The Bertz CT molecular complexity index is 903. The zero-order chi connectivity index (χ0) is 18.0. The van der Waals surface area contributed by atoms with Crippen molar-refractivity contribution in [2.75, 3.05) is 14.1 Å². The fourth-order valence-corrected chi connectivity index (χ4v) is 2.97. The van der Waals surface area contributed by atoms with Crippen molar-refractivity contribution in [1.82, 2.24) is 19.8 Å². The lowest BCUT2D eigenvalue weighted by molar-refractivity contribution is -0.126. The molecule has 1 N–H and O–H groups in total. The van der Waals surface area contributed by atoms with Crippen LogP contribution in [0.4, 0.5) is 4.39 Å². The van der Waals surface area contributed by atoms with E-state index in [1.807, 2.05) is 35.9 Å². The van der Waals surface area contributed by atoms with Crippen LogP contribution >= 0.6 is 0 Å². The number of carbonyl (C=O) groups excluding carboxylic acids is 1. The highest BCUT2D eigenvalue weighted by Gasteiger charge is 2.25. The summed E-state index contributed by atoms with van der Waals surface area (Å²) >= 11 is 0. The molecule has 0 bridgehead atoms. The molecular formula is C19H21FN4O. The maximum Gasteiger partial charge on any atom is 0.242 e. The Labute approximate surface area is 146 Å². The number of imidazole rings is 1. The monoisotopic (exact) mass is 340 g/mol. The quantitative estimate of drug-likeness (QED) is 0.777. The molecule has 0 aliphatic carbocycles. The minimum absolute atomic E-state index is 0.262. The van der Waals surface area contributed by atoms with Crippen LogP contribution < -0.4 is 5.32 Å². The van der Waals surface area contributed by atoms with Crippen LogP contribution in [0, 0.1) is 5.82 Å². The summed E-state index contributed by atoms with van der Waals surface area (Å²) in [6, 6.07) is 13.4. The minimum atomic E-state index is -0.698. The number of para-hydroxylation sites is 2. The zero-order valence-corrected chi connectivity index (χ0v) is 14.5. The summed E-state index contributed by atoms with van der Waals surface area (Å²) in [7, 11) is 5.43. The van der Waals surface area contributed by atoms with E-state index >= 15 is 0 Å². The van der Waals surface area contributed by atoms with E-state index in [9.17, 15) is 9.18 Å². The first kappa shape index (κ1) is 17.1. The molecule has 1 heterocycles. The average Bonchev–Trinajstić information content (AvgIpc) is 2.91. The van der Waals surface area contributed by atoms with Crippen LogP contribution in [0.25, 0.3) is 11.0 Å². The van der Waals surface area contributed by atoms with Crippen molar-refractivity contribution in [1.29, 1.82) is 0 Å². The number of fused-ring (bicyclic) bond motifs is 1. The first-order chi connectivity index (χ1) is 12.0. The largest absolute Gasteiger partial charge is 0.347 e. The summed E-state index contributed by atoms with van der Waals surface area (Å²) < 4.78 is 16.1. The molecule has 3 rings (SSSR count). The van der Waals surface area contributed by atoms with E-state index in [0.29, 0.717) is 5.56 Å². The Morgan fingerprint density at radius 2 is 1.88 bits per heavy atom. The van der Waals surface area contributed by atoms with Crippen molar-refractivity contribution in [2.24, 2.45) is 7.05 Å². The second-order valence-corrected chi connectivity index (χ2v) is 6.18. The lowest BCUT2D eigenvalue weighted by Gasteiger charge is -2.24. The molecule has 1 amide bonds. The van der Waals surface area contributed by atoms with Crippen LogP contribution in [-0.2, 0) is 18.4 Å². The van der Waals surface area contributed by atoms with Gasteiger partial charge in [-0.15, -0.1) is 0 Å². The third kappa shape index (κ3) is 3.39. The fraction of sp³-hybridized carbons (Fsp3) is 0.263. The summed E-state index contributed by atoms with van der Waals surface area (Å²) in [4.78, 5) is 18.9. The number of aryl methyl sites for hydroxylation is 1. The number of amides is 1. The van der Waals surface area contributed by atoms with E-state index in [2.05, 4.69) is 10.3 Å². The molecule has 130 valence electrons. The molecule has 0 saturated heterocycles. The Balaban J connectivity index is 1.80. The second-order valence-electron chi connectivity index (χ2n) is 6.18. The summed E-state index contributed by atoms with van der Waals surface area (Å²) in [6.45, 7) is 0.281. The molecule has 2 aromatic carbocycles. The Hall–Kier alpha value is -2.73. The van der Waals surface area contributed by atoms with E-state index in [4.69, 9.17) is 0 Å². The van der Waals surface area contributed by atoms with Gasteiger partial charge in [0, 0.05) is 12.6 Å². The lowest BCUT2D eigenvalue weighted by Crippen LogP contribution is -2.37. The average molecular weight is 340 g/mol. The summed E-state index contributed by atoms with van der Waals surface area (Å²) in [5.74, 6) is 0.0989. The Morgan fingerprint density at radius 1 is 1.20 bits per heavy atom. The van der Waals surface area contributed by atoms with Gasteiger partial charge in [0.2, 0.25) is 5.91 Å². The summed E-state index contributed by atoms with van der Waals surface area (Å²) in [6.07, 6.45) is 0. The molecule has 0 aliphatic rings. The SMILES string of the molecule is CN(C)[C@H](C(=O)NCc1nc2ccccc2n1C)c1ccccc1F. The number of carbonyl (C=O) groups is 1. The van der Waals surface area contributed by atoms with Gasteiger partial charge in [-0.1, -0.05) is 30.3 Å². The molecular weight excluding hydrogens is 319 g/mol. The predicted octanol–water partition coefficient (Wildman–Crippen LogP) is 2.63.